The molecule has 6 heteroatoms. The highest BCUT2D eigenvalue weighted by Gasteiger charge is 2.39. The Kier molecular flexibility index (Phi) is 2.95. The van der Waals surface area contributed by atoms with Gasteiger partial charge in [-0.2, -0.15) is 4.37 Å². The highest BCUT2D eigenvalue weighted by molar-refractivity contribution is 7.09. The normalized spacial score (nSPS) is 31.1. The zero-order valence-electron chi connectivity index (χ0n) is 8.01. The van der Waals surface area contributed by atoms with Gasteiger partial charge in [-0.15, -0.1) is 0 Å². The summed E-state index contributed by atoms with van der Waals surface area (Å²) in [7, 11) is 0. The summed E-state index contributed by atoms with van der Waals surface area (Å²) in [6.45, 7) is 2.72. The molecule has 0 aromatic carbocycles. The lowest BCUT2D eigenvalue weighted by atomic mass is 9.83. The van der Waals surface area contributed by atoms with E-state index in [0.717, 1.165) is 18.2 Å². The second-order valence-electron chi connectivity index (χ2n) is 3.31. The van der Waals surface area contributed by atoms with Crippen LogP contribution in [0.15, 0.2) is 6.33 Å². The number of anilines is 1. The van der Waals surface area contributed by atoms with Gasteiger partial charge in [0.05, 0.1) is 12.1 Å². The molecule has 1 aliphatic carbocycles. The standard InChI is InChI=1S/C8H14N4OS/c1-2-13-6-3-5(9)7(6)12-8-10-4-11-14-8/h4-7H,2-3,9H2,1H3,(H,10,11,12). The summed E-state index contributed by atoms with van der Waals surface area (Å²) in [5, 5.41) is 4.05. The molecule has 1 saturated carbocycles. The smallest absolute Gasteiger partial charge is 0.202 e. The summed E-state index contributed by atoms with van der Waals surface area (Å²) in [5.41, 5.74) is 5.87. The first-order chi connectivity index (χ1) is 6.81. The number of nitrogens with zero attached hydrogens (tertiary/aromatic N) is 2. The van der Waals surface area contributed by atoms with Crippen molar-refractivity contribution in [1.82, 2.24) is 9.36 Å². The molecule has 1 fully saturated rings. The van der Waals surface area contributed by atoms with Crippen molar-refractivity contribution < 1.29 is 4.74 Å². The van der Waals surface area contributed by atoms with Crippen molar-refractivity contribution in [3.8, 4) is 0 Å². The van der Waals surface area contributed by atoms with Crippen LogP contribution in [-0.2, 0) is 4.74 Å². The molecular weight excluding hydrogens is 200 g/mol. The number of ether oxygens (including phenoxy) is 1. The van der Waals surface area contributed by atoms with Gasteiger partial charge in [0, 0.05) is 24.2 Å². The molecule has 3 unspecified atom stereocenters. The number of rotatable bonds is 4. The Hall–Kier alpha value is -0.720. The molecule has 14 heavy (non-hydrogen) atoms. The number of nitrogens with two attached hydrogens (primary N) is 1. The van der Waals surface area contributed by atoms with Gasteiger partial charge in [-0.25, -0.2) is 4.98 Å². The topological polar surface area (TPSA) is 73.1 Å². The van der Waals surface area contributed by atoms with Crippen molar-refractivity contribution >= 4 is 16.7 Å². The third kappa shape index (κ3) is 1.87. The van der Waals surface area contributed by atoms with Gasteiger partial charge in [0.25, 0.3) is 0 Å². The van der Waals surface area contributed by atoms with Crippen LogP contribution in [0.5, 0.6) is 0 Å². The van der Waals surface area contributed by atoms with Gasteiger partial charge in [0.2, 0.25) is 5.13 Å². The third-order valence-corrected chi connectivity index (χ3v) is 2.99. The molecule has 0 amide bonds. The summed E-state index contributed by atoms with van der Waals surface area (Å²) < 4.78 is 9.44. The van der Waals surface area contributed by atoms with Crippen LogP contribution in [0.1, 0.15) is 13.3 Å². The van der Waals surface area contributed by atoms with Crippen LogP contribution in [0.25, 0.3) is 0 Å². The molecule has 5 nitrogen and oxygen atoms in total. The Labute approximate surface area is 86.8 Å². The summed E-state index contributed by atoms with van der Waals surface area (Å²) in [5.74, 6) is 0. The van der Waals surface area contributed by atoms with Crippen LogP contribution >= 0.6 is 11.5 Å². The third-order valence-electron chi connectivity index (χ3n) is 2.40. The minimum absolute atomic E-state index is 0.162. The molecule has 0 aliphatic heterocycles. The summed E-state index contributed by atoms with van der Waals surface area (Å²) >= 11 is 1.34. The highest BCUT2D eigenvalue weighted by atomic mass is 32.1. The van der Waals surface area contributed by atoms with Crippen LogP contribution in [0, 0.1) is 0 Å². The largest absolute Gasteiger partial charge is 0.376 e. The van der Waals surface area contributed by atoms with E-state index in [-0.39, 0.29) is 18.2 Å². The van der Waals surface area contributed by atoms with Gasteiger partial charge in [-0.05, 0) is 13.3 Å². The SMILES string of the molecule is CCOC1CC(N)C1Nc1ncns1. The van der Waals surface area contributed by atoms with Crippen LogP contribution < -0.4 is 11.1 Å². The monoisotopic (exact) mass is 214 g/mol. The Morgan fingerprint density at radius 2 is 2.64 bits per heavy atom. The molecule has 3 N–H and O–H groups in total. The molecule has 0 radical (unpaired) electrons. The average molecular weight is 214 g/mol. The maximum Gasteiger partial charge on any atom is 0.202 e. The summed E-state index contributed by atoms with van der Waals surface area (Å²) in [6.07, 6.45) is 2.68. The second kappa shape index (κ2) is 4.20. The fraction of sp³-hybridized carbons (Fsp3) is 0.750. The van der Waals surface area contributed by atoms with E-state index in [4.69, 9.17) is 10.5 Å². The molecule has 1 aromatic rings. The fourth-order valence-electron chi connectivity index (χ4n) is 1.61. The van der Waals surface area contributed by atoms with E-state index in [9.17, 15) is 0 Å². The minimum Gasteiger partial charge on any atom is -0.376 e. The minimum atomic E-state index is 0.162. The first kappa shape index (κ1) is 9.82. The van der Waals surface area contributed by atoms with Crippen LogP contribution in [0.4, 0.5) is 5.13 Å². The van der Waals surface area contributed by atoms with Gasteiger partial charge in [-0.3, -0.25) is 0 Å². The maximum atomic E-state index is 5.87. The molecule has 0 saturated heterocycles. The van der Waals surface area contributed by atoms with Crippen LogP contribution in [-0.4, -0.2) is 34.2 Å². The van der Waals surface area contributed by atoms with E-state index in [1.54, 1.807) is 0 Å². The number of nitrogens with one attached hydrogen (secondary N) is 1. The fourth-order valence-corrected chi connectivity index (χ4v) is 2.08. The van der Waals surface area contributed by atoms with E-state index in [1.165, 1.54) is 17.9 Å². The molecular formula is C8H14N4OS. The molecule has 78 valence electrons. The van der Waals surface area contributed by atoms with E-state index in [0.29, 0.717) is 0 Å². The van der Waals surface area contributed by atoms with Gasteiger partial charge < -0.3 is 15.8 Å². The molecule has 1 aromatic heterocycles. The predicted octanol–water partition coefficient (Wildman–Crippen LogP) is 0.455. The van der Waals surface area contributed by atoms with Crippen LogP contribution in [0.3, 0.4) is 0 Å². The van der Waals surface area contributed by atoms with Crippen molar-refractivity contribution in [2.75, 3.05) is 11.9 Å². The average Bonchev–Trinajstić information content (AvgIpc) is 2.66. The summed E-state index contributed by atoms with van der Waals surface area (Å²) in [6, 6.07) is 0.346. The van der Waals surface area contributed by atoms with Crippen LogP contribution in [0.2, 0.25) is 0 Å². The first-order valence-electron chi connectivity index (χ1n) is 4.71. The van der Waals surface area contributed by atoms with Crippen molar-refractivity contribution in [2.24, 2.45) is 5.73 Å². The zero-order chi connectivity index (χ0) is 9.97. The Bertz CT molecular complexity index is 277. The van der Waals surface area contributed by atoms with E-state index in [2.05, 4.69) is 14.7 Å². The van der Waals surface area contributed by atoms with E-state index >= 15 is 0 Å². The lowest BCUT2D eigenvalue weighted by Gasteiger charge is -2.42. The first-order valence-corrected chi connectivity index (χ1v) is 5.49. The van der Waals surface area contributed by atoms with Gasteiger partial charge >= 0.3 is 0 Å². The highest BCUT2D eigenvalue weighted by Crippen LogP contribution is 2.26. The molecule has 1 aliphatic rings. The Morgan fingerprint density at radius 1 is 1.79 bits per heavy atom. The van der Waals surface area contributed by atoms with Crippen molar-refractivity contribution in [3.63, 3.8) is 0 Å². The lowest BCUT2D eigenvalue weighted by Crippen LogP contribution is -2.60. The van der Waals surface area contributed by atoms with Crippen molar-refractivity contribution in [2.45, 2.75) is 31.5 Å². The second-order valence-corrected chi connectivity index (χ2v) is 4.09. The Balaban J connectivity index is 1.90. The number of aromatic nitrogens is 2. The zero-order valence-corrected chi connectivity index (χ0v) is 8.83. The Morgan fingerprint density at radius 3 is 3.21 bits per heavy atom. The van der Waals surface area contributed by atoms with Crippen molar-refractivity contribution in [3.05, 3.63) is 6.33 Å². The van der Waals surface area contributed by atoms with Gasteiger partial charge in [-0.1, -0.05) is 0 Å². The molecule has 2 rings (SSSR count). The van der Waals surface area contributed by atoms with Crippen molar-refractivity contribution in [1.29, 1.82) is 0 Å². The van der Waals surface area contributed by atoms with Gasteiger partial charge in [0.15, 0.2) is 0 Å². The molecule has 3 atom stereocenters. The number of hydrogen-bond acceptors (Lipinski definition) is 6. The number of hydrogen-bond donors (Lipinski definition) is 2. The maximum absolute atomic E-state index is 5.87. The van der Waals surface area contributed by atoms with E-state index < -0.39 is 0 Å². The molecule has 0 spiro atoms. The lowest BCUT2D eigenvalue weighted by molar-refractivity contribution is -0.0126. The van der Waals surface area contributed by atoms with Gasteiger partial charge in [0.1, 0.15) is 6.33 Å². The predicted molar refractivity (Wildman–Crippen MR) is 55.3 cm³/mol. The van der Waals surface area contributed by atoms with E-state index in [1.807, 2.05) is 6.92 Å². The molecule has 0 bridgehead atoms. The summed E-state index contributed by atoms with van der Waals surface area (Å²) in [4.78, 5) is 4.05. The quantitative estimate of drug-likeness (QED) is 0.761. The molecule has 1 heterocycles.